The van der Waals surface area contributed by atoms with Gasteiger partial charge in [0.25, 0.3) is 0 Å². The normalized spacial score (nSPS) is 29.2. The summed E-state index contributed by atoms with van der Waals surface area (Å²) in [5.41, 5.74) is 0. The lowest BCUT2D eigenvalue weighted by molar-refractivity contribution is 0.134. The zero-order valence-electron chi connectivity index (χ0n) is 7.03. The first-order valence-electron chi connectivity index (χ1n) is 4.23. The van der Waals surface area contributed by atoms with Gasteiger partial charge in [0.2, 0.25) is 0 Å². The number of likely N-dealkylation sites (tertiary alicyclic amines) is 1. The molecule has 0 aromatic rings. The summed E-state index contributed by atoms with van der Waals surface area (Å²) in [4.78, 5) is 2.20. The fourth-order valence-corrected chi connectivity index (χ4v) is 1.60. The number of aliphatic hydroxyl groups is 2. The van der Waals surface area contributed by atoms with Gasteiger partial charge in [0, 0.05) is 19.7 Å². The molecule has 1 aliphatic heterocycles. The van der Waals surface area contributed by atoms with Crippen LogP contribution in [0.1, 0.15) is 13.3 Å². The molecule has 0 bridgehead atoms. The summed E-state index contributed by atoms with van der Waals surface area (Å²) >= 11 is 0. The van der Waals surface area contributed by atoms with E-state index in [9.17, 15) is 0 Å². The molecule has 0 aromatic heterocycles. The smallest absolute Gasteiger partial charge is 0.0639 e. The van der Waals surface area contributed by atoms with Gasteiger partial charge < -0.3 is 15.1 Å². The third kappa shape index (κ3) is 2.77. The van der Waals surface area contributed by atoms with Crippen LogP contribution in [0.25, 0.3) is 0 Å². The number of β-amino-alcohol motifs (C(OH)–C–C–N with tert-alkyl or cyclic N) is 1. The Hall–Kier alpha value is -0.120. The van der Waals surface area contributed by atoms with Crippen LogP contribution in [0.5, 0.6) is 0 Å². The van der Waals surface area contributed by atoms with Gasteiger partial charge in [-0.15, -0.1) is 0 Å². The van der Waals surface area contributed by atoms with E-state index in [0.717, 1.165) is 26.1 Å². The molecule has 1 heterocycles. The maximum absolute atomic E-state index is 9.07. The lowest BCUT2D eigenvalue weighted by atomic mass is 10.1. The highest BCUT2D eigenvalue weighted by molar-refractivity contribution is 4.75. The second kappa shape index (κ2) is 4.04. The molecule has 2 atom stereocenters. The average Bonchev–Trinajstić information content (AvgIpc) is 2.34. The van der Waals surface area contributed by atoms with Crippen molar-refractivity contribution in [3.63, 3.8) is 0 Å². The average molecular weight is 159 g/mol. The minimum atomic E-state index is -0.243. The molecule has 2 N–H and O–H groups in total. The highest BCUT2D eigenvalue weighted by Gasteiger charge is 2.21. The molecule has 3 heteroatoms. The van der Waals surface area contributed by atoms with Crippen molar-refractivity contribution in [2.24, 2.45) is 5.92 Å². The van der Waals surface area contributed by atoms with Gasteiger partial charge in [0.15, 0.2) is 0 Å². The first-order chi connectivity index (χ1) is 5.22. The van der Waals surface area contributed by atoms with Gasteiger partial charge in [-0.25, -0.2) is 0 Å². The molecular formula is C8H17NO2. The Bertz CT molecular complexity index is 117. The van der Waals surface area contributed by atoms with Gasteiger partial charge in [-0.05, 0) is 25.8 Å². The first-order valence-corrected chi connectivity index (χ1v) is 4.23. The van der Waals surface area contributed by atoms with Crippen LogP contribution in [-0.2, 0) is 0 Å². The van der Waals surface area contributed by atoms with Crippen LogP contribution in [-0.4, -0.2) is 47.5 Å². The van der Waals surface area contributed by atoms with Gasteiger partial charge in [-0.2, -0.15) is 0 Å². The Balaban J connectivity index is 2.19. The lowest BCUT2D eigenvalue weighted by Gasteiger charge is -2.16. The van der Waals surface area contributed by atoms with Crippen molar-refractivity contribution >= 4 is 0 Å². The third-order valence-corrected chi connectivity index (χ3v) is 2.15. The Morgan fingerprint density at radius 3 is 2.82 bits per heavy atom. The molecule has 1 rings (SSSR count). The molecule has 1 saturated heterocycles. The molecule has 11 heavy (non-hydrogen) atoms. The van der Waals surface area contributed by atoms with Gasteiger partial charge in [0.05, 0.1) is 6.10 Å². The SMILES string of the molecule is CC(O)CN1CC[C@@H](CO)C1. The summed E-state index contributed by atoms with van der Waals surface area (Å²) < 4.78 is 0. The summed E-state index contributed by atoms with van der Waals surface area (Å²) in [6, 6.07) is 0. The van der Waals surface area contributed by atoms with Crippen LogP contribution < -0.4 is 0 Å². The van der Waals surface area contributed by atoms with E-state index >= 15 is 0 Å². The van der Waals surface area contributed by atoms with E-state index in [1.807, 2.05) is 0 Å². The fraction of sp³-hybridized carbons (Fsp3) is 1.00. The van der Waals surface area contributed by atoms with Crippen LogP contribution in [0.2, 0.25) is 0 Å². The van der Waals surface area contributed by atoms with Crippen molar-refractivity contribution in [2.45, 2.75) is 19.4 Å². The minimum absolute atomic E-state index is 0.243. The van der Waals surface area contributed by atoms with E-state index in [0.29, 0.717) is 5.92 Å². The third-order valence-electron chi connectivity index (χ3n) is 2.15. The van der Waals surface area contributed by atoms with Crippen molar-refractivity contribution in [3.05, 3.63) is 0 Å². The van der Waals surface area contributed by atoms with E-state index < -0.39 is 0 Å². The second-order valence-electron chi connectivity index (χ2n) is 3.45. The van der Waals surface area contributed by atoms with Gasteiger partial charge in [-0.3, -0.25) is 0 Å². The van der Waals surface area contributed by atoms with Crippen molar-refractivity contribution in [1.29, 1.82) is 0 Å². The Kier molecular flexibility index (Phi) is 3.30. The Morgan fingerprint density at radius 2 is 2.36 bits per heavy atom. The van der Waals surface area contributed by atoms with Gasteiger partial charge >= 0.3 is 0 Å². The molecule has 1 unspecified atom stereocenters. The van der Waals surface area contributed by atoms with Gasteiger partial charge in [-0.1, -0.05) is 0 Å². The van der Waals surface area contributed by atoms with E-state index in [1.165, 1.54) is 0 Å². The monoisotopic (exact) mass is 159 g/mol. The van der Waals surface area contributed by atoms with Crippen molar-refractivity contribution in [3.8, 4) is 0 Å². The van der Waals surface area contributed by atoms with Gasteiger partial charge in [0.1, 0.15) is 0 Å². The molecule has 0 radical (unpaired) electrons. The topological polar surface area (TPSA) is 43.7 Å². The Labute approximate surface area is 67.6 Å². The summed E-state index contributed by atoms with van der Waals surface area (Å²) in [7, 11) is 0. The van der Waals surface area contributed by atoms with Crippen molar-refractivity contribution < 1.29 is 10.2 Å². The number of nitrogens with zero attached hydrogens (tertiary/aromatic N) is 1. The van der Waals surface area contributed by atoms with E-state index in [2.05, 4.69) is 4.90 Å². The first kappa shape index (κ1) is 8.97. The molecule has 66 valence electrons. The summed E-state index contributed by atoms with van der Waals surface area (Å²) in [6.07, 6.45) is 0.830. The molecule has 1 fully saturated rings. The predicted octanol–water partition coefficient (Wildman–Crippen LogP) is -0.319. The van der Waals surface area contributed by atoms with Crippen LogP contribution in [0.4, 0.5) is 0 Å². The predicted molar refractivity (Wildman–Crippen MR) is 43.3 cm³/mol. The fourth-order valence-electron chi connectivity index (χ4n) is 1.60. The zero-order valence-corrected chi connectivity index (χ0v) is 7.03. The van der Waals surface area contributed by atoms with E-state index in [1.54, 1.807) is 6.92 Å². The van der Waals surface area contributed by atoms with Crippen LogP contribution >= 0.6 is 0 Å². The van der Waals surface area contributed by atoms with Crippen LogP contribution in [0.3, 0.4) is 0 Å². The number of rotatable bonds is 3. The number of hydrogen-bond donors (Lipinski definition) is 2. The molecular weight excluding hydrogens is 142 g/mol. The van der Waals surface area contributed by atoms with E-state index in [4.69, 9.17) is 10.2 Å². The minimum Gasteiger partial charge on any atom is -0.396 e. The number of hydrogen-bond acceptors (Lipinski definition) is 3. The molecule has 1 aliphatic rings. The molecule has 0 saturated carbocycles. The van der Waals surface area contributed by atoms with Crippen molar-refractivity contribution in [2.75, 3.05) is 26.2 Å². The number of aliphatic hydroxyl groups excluding tert-OH is 2. The van der Waals surface area contributed by atoms with E-state index in [-0.39, 0.29) is 12.7 Å². The maximum Gasteiger partial charge on any atom is 0.0639 e. The summed E-state index contributed by atoms with van der Waals surface area (Å²) in [6.45, 7) is 4.80. The van der Waals surface area contributed by atoms with Crippen molar-refractivity contribution in [1.82, 2.24) is 4.90 Å². The second-order valence-corrected chi connectivity index (χ2v) is 3.45. The molecule has 0 spiro atoms. The highest BCUT2D eigenvalue weighted by Crippen LogP contribution is 2.14. The highest BCUT2D eigenvalue weighted by atomic mass is 16.3. The quantitative estimate of drug-likeness (QED) is 0.593. The molecule has 3 nitrogen and oxygen atoms in total. The largest absolute Gasteiger partial charge is 0.396 e. The Morgan fingerprint density at radius 1 is 1.64 bits per heavy atom. The maximum atomic E-state index is 9.07. The summed E-state index contributed by atoms with van der Waals surface area (Å²) in [5.74, 6) is 0.439. The molecule has 0 aromatic carbocycles. The van der Waals surface area contributed by atoms with Crippen LogP contribution in [0, 0.1) is 5.92 Å². The molecule has 0 aliphatic carbocycles. The zero-order chi connectivity index (χ0) is 8.27. The standard InChI is InChI=1S/C8H17NO2/c1-7(11)4-9-3-2-8(5-9)6-10/h7-8,10-11H,2-6H2,1H3/t7?,8-/m1/s1. The van der Waals surface area contributed by atoms with Crippen LogP contribution in [0.15, 0.2) is 0 Å². The lowest BCUT2D eigenvalue weighted by Crippen LogP contribution is -2.29. The summed E-state index contributed by atoms with van der Waals surface area (Å²) in [5, 5.41) is 17.9. The molecule has 0 amide bonds.